The molecular weight excluding hydrogens is 625 g/mol. The predicted octanol–water partition coefficient (Wildman–Crippen LogP) is 13.0. The van der Waals surface area contributed by atoms with Crippen LogP contribution in [-0.4, -0.2) is 9.55 Å². The molecule has 4 nitrogen and oxygen atoms in total. The van der Waals surface area contributed by atoms with E-state index in [1.54, 1.807) is 0 Å². The molecule has 0 aliphatic carbocycles. The minimum atomic E-state index is 0.847. The summed E-state index contributed by atoms with van der Waals surface area (Å²) < 4.78 is 15.7. The first-order valence-electron chi connectivity index (χ1n) is 17.2. The molecule has 0 amide bonds. The van der Waals surface area contributed by atoms with Crippen LogP contribution in [-0.2, 0) is 0 Å². The van der Waals surface area contributed by atoms with E-state index in [-0.39, 0.29) is 0 Å². The fourth-order valence-electron chi connectivity index (χ4n) is 7.96. The first-order valence-corrected chi connectivity index (χ1v) is 17.2. The number of rotatable bonds is 4. The number of para-hydroxylation sites is 4. The van der Waals surface area contributed by atoms with E-state index >= 15 is 0 Å². The average Bonchev–Trinajstić information content (AvgIpc) is 3.88. The maximum Gasteiger partial charge on any atom is 0.145 e. The number of hydrogen-bond donors (Lipinski definition) is 0. The Kier molecular flexibility index (Phi) is 5.92. The Morgan fingerprint density at radius 3 is 1.94 bits per heavy atom. The highest BCUT2D eigenvalue weighted by Crippen LogP contribution is 2.44. The van der Waals surface area contributed by atoms with Crippen molar-refractivity contribution >= 4 is 65.7 Å². The van der Waals surface area contributed by atoms with E-state index in [4.69, 9.17) is 13.8 Å². The first-order chi connectivity index (χ1) is 25.3. The number of pyridine rings is 1. The van der Waals surface area contributed by atoms with Gasteiger partial charge in [-0.15, -0.1) is 0 Å². The Balaban J connectivity index is 1.20. The van der Waals surface area contributed by atoms with Gasteiger partial charge in [-0.2, -0.15) is 0 Å². The van der Waals surface area contributed by atoms with Crippen LogP contribution in [0.15, 0.2) is 179 Å². The summed E-state index contributed by atoms with van der Waals surface area (Å²) in [7, 11) is 0. The molecule has 0 aliphatic rings. The summed E-state index contributed by atoms with van der Waals surface area (Å²) in [6, 6.07) is 59.3. The quantitative estimate of drug-likeness (QED) is 0.190. The molecule has 4 aromatic heterocycles. The monoisotopic (exact) mass is 652 g/mol. The maximum atomic E-state index is 7.07. The third kappa shape index (κ3) is 4.17. The number of benzene rings is 7. The lowest BCUT2D eigenvalue weighted by molar-refractivity contribution is 0.669. The van der Waals surface area contributed by atoms with Gasteiger partial charge in [-0.05, 0) is 60.2 Å². The Labute approximate surface area is 292 Å². The van der Waals surface area contributed by atoms with Crippen LogP contribution in [0.25, 0.3) is 105 Å². The number of aromatic nitrogens is 2. The summed E-state index contributed by atoms with van der Waals surface area (Å²) in [4.78, 5) is 5.29. The zero-order valence-corrected chi connectivity index (χ0v) is 27.4. The molecule has 0 spiro atoms. The van der Waals surface area contributed by atoms with Crippen molar-refractivity contribution in [2.24, 2.45) is 0 Å². The second-order valence-electron chi connectivity index (χ2n) is 13.1. The van der Waals surface area contributed by atoms with Crippen molar-refractivity contribution in [1.29, 1.82) is 0 Å². The highest BCUT2D eigenvalue weighted by molar-refractivity contribution is 6.25. The minimum absolute atomic E-state index is 0.847. The molecule has 0 fully saturated rings. The van der Waals surface area contributed by atoms with Gasteiger partial charge in [0.2, 0.25) is 0 Å². The van der Waals surface area contributed by atoms with E-state index in [9.17, 15) is 0 Å². The zero-order chi connectivity index (χ0) is 33.5. The molecule has 11 rings (SSSR count). The summed E-state index contributed by atoms with van der Waals surface area (Å²) in [5.41, 5.74) is 12.8. The number of fused-ring (bicyclic) bond motifs is 10. The van der Waals surface area contributed by atoms with Gasteiger partial charge < -0.3 is 13.4 Å². The Bertz CT molecular complexity index is 3130. The van der Waals surface area contributed by atoms with E-state index in [0.29, 0.717) is 0 Å². The van der Waals surface area contributed by atoms with E-state index in [1.165, 1.54) is 5.39 Å². The number of nitrogens with zero attached hydrogens (tertiary/aromatic N) is 2. The van der Waals surface area contributed by atoms with Crippen LogP contribution in [0.4, 0.5) is 0 Å². The lowest BCUT2D eigenvalue weighted by atomic mass is 9.96. The molecule has 0 unspecified atom stereocenters. The summed E-state index contributed by atoms with van der Waals surface area (Å²) in [6.45, 7) is 0. The minimum Gasteiger partial charge on any atom is -0.456 e. The van der Waals surface area contributed by atoms with E-state index in [2.05, 4.69) is 144 Å². The fourth-order valence-corrected chi connectivity index (χ4v) is 7.96. The van der Waals surface area contributed by atoms with Crippen LogP contribution >= 0.6 is 0 Å². The van der Waals surface area contributed by atoms with E-state index < -0.39 is 0 Å². The Hall–Kier alpha value is -6.91. The fraction of sp³-hybridized carbons (Fsp3) is 0. The zero-order valence-electron chi connectivity index (χ0n) is 27.4. The molecule has 0 saturated heterocycles. The van der Waals surface area contributed by atoms with Crippen molar-refractivity contribution in [3.8, 4) is 39.3 Å². The topological polar surface area (TPSA) is 44.1 Å². The molecule has 51 heavy (non-hydrogen) atoms. The standard InChI is InChI=1S/C47H28N2O2/c1-3-13-29(14-4-1)38-27-30(28-39(48-38)35-21-12-24-43-44(35)37-18-8-10-23-42(37)50-43)32-19-11-20-33-34-25-26-41-45(47(34)51-46(32)33)36-17-7-9-22-40(36)49(41)31-15-5-2-6-16-31/h1-28H. The van der Waals surface area contributed by atoms with Crippen molar-refractivity contribution in [3.05, 3.63) is 170 Å². The van der Waals surface area contributed by atoms with Gasteiger partial charge in [0, 0.05) is 49.3 Å². The lowest BCUT2D eigenvalue weighted by Gasteiger charge is -2.11. The highest BCUT2D eigenvalue weighted by Gasteiger charge is 2.21. The second-order valence-corrected chi connectivity index (χ2v) is 13.1. The molecule has 0 radical (unpaired) electrons. The van der Waals surface area contributed by atoms with Crippen LogP contribution in [0, 0.1) is 0 Å². The van der Waals surface area contributed by atoms with Crippen LogP contribution in [0.5, 0.6) is 0 Å². The SMILES string of the molecule is c1ccc(-c2cc(-c3cccc4c3oc3c4ccc4c3c3ccccc3n4-c3ccccc3)cc(-c3cccc4oc5ccccc5c34)n2)cc1. The number of furan rings is 2. The van der Waals surface area contributed by atoms with Crippen LogP contribution in [0.2, 0.25) is 0 Å². The molecule has 0 atom stereocenters. The molecule has 7 aromatic carbocycles. The summed E-state index contributed by atoms with van der Waals surface area (Å²) >= 11 is 0. The van der Waals surface area contributed by atoms with Gasteiger partial charge in [-0.3, -0.25) is 0 Å². The molecule has 11 aromatic rings. The van der Waals surface area contributed by atoms with Crippen LogP contribution in [0.1, 0.15) is 0 Å². The van der Waals surface area contributed by atoms with Gasteiger partial charge in [0.25, 0.3) is 0 Å². The summed E-state index contributed by atoms with van der Waals surface area (Å²) in [5, 5.41) is 6.62. The van der Waals surface area contributed by atoms with Gasteiger partial charge in [0.05, 0.1) is 27.8 Å². The van der Waals surface area contributed by atoms with Crippen molar-refractivity contribution in [3.63, 3.8) is 0 Å². The molecule has 4 heteroatoms. The van der Waals surface area contributed by atoms with Gasteiger partial charge in [0.15, 0.2) is 0 Å². The van der Waals surface area contributed by atoms with E-state index in [0.717, 1.165) is 99.6 Å². The normalized spacial score (nSPS) is 11.9. The molecule has 0 saturated carbocycles. The average molecular weight is 653 g/mol. The molecule has 4 heterocycles. The smallest absolute Gasteiger partial charge is 0.145 e. The van der Waals surface area contributed by atoms with Crippen molar-refractivity contribution < 1.29 is 8.83 Å². The van der Waals surface area contributed by atoms with Gasteiger partial charge in [-0.1, -0.05) is 115 Å². The number of hydrogen-bond acceptors (Lipinski definition) is 3. The molecule has 0 N–H and O–H groups in total. The highest BCUT2D eigenvalue weighted by atomic mass is 16.3. The Morgan fingerprint density at radius 2 is 1.06 bits per heavy atom. The molecule has 0 bridgehead atoms. The van der Waals surface area contributed by atoms with Crippen molar-refractivity contribution in [1.82, 2.24) is 9.55 Å². The lowest BCUT2D eigenvalue weighted by Crippen LogP contribution is -1.92. The van der Waals surface area contributed by atoms with E-state index in [1.807, 2.05) is 30.3 Å². The molecular formula is C47H28N2O2. The van der Waals surface area contributed by atoms with Gasteiger partial charge >= 0.3 is 0 Å². The van der Waals surface area contributed by atoms with Gasteiger partial charge in [-0.25, -0.2) is 4.98 Å². The summed E-state index contributed by atoms with van der Waals surface area (Å²) in [5.74, 6) is 0. The van der Waals surface area contributed by atoms with Gasteiger partial charge in [0.1, 0.15) is 22.3 Å². The molecule has 0 aliphatic heterocycles. The third-order valence-corrected chi connectivity index (χ3v) is 10.2. The maximum absolute atomic E-state index is 7.07. The predicted molar refractivity (Wildman–Crippen MR) is 209 cm³/mol. The first kappa shape index (κ1) is 28.0. The third-order valence-electron chi connectivity index (χ3n) is 10.2. The largest absolute Gasteiger partial charge is 0.456 e. The van der Waals surface area contributed by atoms with Crippen molar-refractivity contribution in [2.75, 3.05) is 0 Å². The van der Waals surface area contributed by atoms with Crippen LogP contribution < -0.4 is 0 Å². The second kappa shape index (κ2) is 10.8. The molecule has 238 valence electrons. The Morgan fingerprint density at radius 1 is 0.392 bits per heavy atom. The van der Waals surface area contributed by atoms with Crippen LogP contribution in [0.3, 0.4) is 0 Å². The summed E-state index contributed by atoms with van der Waals surface area (Å²) in [6.07, 6.45) is 0. The van der Waals surface area contributed by atoms with Crippen molar-refractivity contribution in [2.45, 2.75) is 0 Å².